The molecule has 0 spiro atoms. The average Bonchev–Trinajstić information content (AvgIpc) is 2.56. The van der Waals surface area contributed by atoms with Crippen LogP contribution in [0.3, 0.4) is 0 Å². The molecule has 1 rings (SSSR count). The fourth-order valence-electron chi connectivity index (χ4n) is 0.916. The number of carbonyl (C=O) groups excluding carboxylic acids is 1. The highest BCUT2D eigenvalue weighted by Gasteiger charge is 2.10. The largest absolute Gasteiger partial charge is 0.471 e. The van der Waals surface area contributed by atoms with Crippen molar-refractivity contribution in [2.24, 2.45) is 11.7 Å². The van der Waals surface area contributed by atoms with Crippen LogP contribution in [0.4, 0.5) is 0 Å². The molecule has 0 amide bonds. The molecule has 0 aromatic carbocycles. The van der Waals surface area contributed by atoms with E-state index in [4.69, 9.17) is 10.5 Å². The fraction of sp³-hybridized carbons (Fsp3) is 0.857. The SMILES string of the molecule is COC=O.Cl.NC[C@@H]1CCNC1. The van der Waals surface area contributed by atoms with Crippen LogP contribution < -0.4 is 11.1 Å². The molecule has 0 radical (unpaired) electrons. The van der Waals surface area contributed by atoms with Gasteiger partial charge >= 0.3 is 0 Å². The molecule has 5 heteroatoms. The maximum Gasteiger partial charge on any atom is 0.292 e. The summed E-state index contributed by atoms with van der Waals surface area (Å²) in [5.74, 6) is 0.764. The summed E-state index contributed by atoms with van der Waals surface area (Å²) in [4.78, 5) is 8.95. The Morgan fingerprint density at radius 2 is 2.33 bits per heavy atom. The van der Waals surface area contributed by atoms with Gasteiger partial charge in [0.1, 0.15) is 0 Å². The molecule has 12 heavy (non-hydrogen) atoms. The third-order valence-corrected chi connectivity index (χ3v) is 1.59. The Kier molecular flexibility index (Phi) is 12.7. The summed E-state index contributed by atoms with van der Waals surface area (Å²) in [6, 6.07) is 0. The number of halogens is 1. The molecule has 0 aromatic rings. The van der Waals surface area contributed by atoms with Gasteiger partial charge in [0.2, 0.25) is 0 Å². The van der Waals surface area contributed by atoms with Gasteiger partial charge in [-0.3, -0.25) is 4.79 Å². The van der Waals surface area contributed by atoms with Gasteiger partial charge in [0, 0.05) is 0 Å². The molecule has 4 nitrogen and oxygen atoms in total. The summed E-state index contributed by atoms with van der Waals surface area (Å²) < 4.78 is 3.86. The van der Waals surface area contributed by atoms with Crippen LogP contribution >= 0.6 is 12.4 Å². The Bertz CT molecular complexity index is 97.4. The van der Waals surface area contributed by atoms with Crippen LogP contribution in [0.5, 0.6) is 0 Å². The van der Waals surface area contributed by atoms with Gasteiger partial charge in [0.15, 0.2) is 0 Å². The van der Waals surface area contributed by atoms with Crippen LogP contribution in [0.25, 0.3) is 0 Å². The second kappa shape index (κ2) is 10.7. The van der Waals surface area contributed by atoms with Crippen molar-refractivity contribution in [3.8, 4) is 0 Å². The molecule has 0 bridgehead atoms. The van der Waals surface area contributed by atoms with Crippen LogP contribution in [-0.4, -0.2) is 33.2 Å². The molecule has 1 saturated heterocycles. The monoisotopic (exact) mass is 196 g/mol. The van der Waals surface area contributed by atoms with Crippen molar-refractivity contribution < 1.29 is 9.53 Å². The molecule has 1 atom stereocenters. The maximum absolute atomic E-state index is 8.95. The predicted octanol–water partition coefficient (Wildman–Crippen LogP) is -0.234. The lowest BCUT2D eigenvalue weighted by Gasteiger charge is -1.98. The Hall–Kier alpha value is -0.320. The van der Waals surface area contributed by atoms with Crippen molar-refractivity contribution in [2.75, 3.05) is 26.7 Å². The number of nitrogens with one attached hydrogen (secondary N) is 1. The lowest BCUT2D eigenvalue weighted by atomic mass is 10.1. The van der Waals surface area contributed by atoms with Gasteiger partial charge in [-0.05, 0) is 32.0 Å². The minimum atomic E-state index is 0. The molecule has 1 aliphatic heterocycles. The van der Waals surface area contributed by atoms with Crippen LogP contribution in [0.2, 0.25) is 0 Å². The van der Waals surface area contributed by atoms with Crippen molar-refractivity contribution in [3.63, 3.8) is 0 Å². The van der Waals surface area contributed by atoms with E-state index in [1.165, 1.54) is 20.1 Å². The first kappa shape index (κ1) is 14.2. The van der Waals surface area contributed by atoms with E-state index < -0.39 is 0 Å². The standard InChI is InChI=1S/C5H12N2.C2H4O2.ClH/c6-3-5-1-2-7-4-5;1-4-2-3;/h5,7H,1-4,6H2;2H,1H3;1H/t5-;;/m0../s1. The van der Waals surface area contributed by atoms with E-state index >= 15 is 0 Å². The predicted molar refractivity (Wildman–Crippen MR) is 50.4 cm³/mol. The summed E-state index contributed by atoms with van der Waals surface area (Å²) in [5, 5.41) is 3.24. The molecule has 0 unspecified atom stereocenters. The zero-order valence-electron chi connectivity index (χ0n) is 7.29. The quantitative estimate of drug-likeness (QED) is 0.599. The highest BCUT2D eigenvalue weighted by atomic mass is 35.5. The lowest BCUT2D eigenvalue weighted by molar-refractivity contribution is -0.126. The Morgan fingerprint density at radius 3 is 2.50 bits per heavy atom. The van der Waals surface area contributed by atoms with Crippen molar-refractivity contribution >= 4 is 18.9 Å². The van der Waals surface area contributed by atoms with E-state index in [1.807, 2.05) is 0 Å². The Morgan fingerprint density at radius 1 is 1.75 bits per heavy atom. The molecule has 0 saturated carbocycles. The van der Waals surface area contributed by atoms with Gasteiger partial charge in [-0.1, -0.05) is 0 Å². The number of nitrogens with two attached hydrogens (primary N) is 1. The summed E-state index contributed by atoms with van der Waals surface area (Å²) in [5.41, 5.74) is 5.39. The number of hydrogen-bond acceptors (Lipinski definition) is 4. The van der Waals surface area contributed by atoms with Crippen molar-refractivity contribution in [2.45, 2.75) is 6.42 Å². The number of hydrogen-bond donors (Lipinski definition) is 2. The van der Waals surface area contributed by atoms with Crippen molar-refractivity contribution in [1.29, 1.82) is 0 Å². The zero-order chi connectivity index (χ0) is 8.53. The smallest absolute Gasteiger partial charge is 0.292 e. The molecule has 0 aliphatic carbocycles. The van der Waals surface area contributed by atoms with Gasteiger partial charge in [0.05, 0.1) is 7.11 Å². The molecule has 1 fully saturated rings. The first-order valence-electron chi connectivity index (χ1n) is 3.72. The Labute approximate surface area is 79.2 Å². The second-order valence-corrected chi connectivity index (χ2v) is 2.43. The van der Waals surface area contributed by atoms with E-state index in [0.29, 0.717) is 6.47 Å². The zero-order valence-corrected chi connectivity index (χ0v) is 8.10. The van der Waals surface area contributed by atoms with E-state index in [9.17, 15) is 0 Å². The third kappa shape index (κ3) is 7.78. The molecule has 1 aliphatic rings. The number of methoxy groups -OCH3 is 1. The topological polar surface area (TPSA) is 64.3 Å². The molecule has 74 valence electrons. The first-order valence-corrected chi connectivity index (χ1v) is 3.72. The average molecular weight is 197 g/mol. The first-order chi connectivity index (χ1) is 5.35. The van der Waals surface area contributed by atoms with Crippen molar-refractivity contribution in [3.05, 3.63) is 0 Å². The minimum Gasteiger partial charge on any atom is -0.471 e. The van der Waals surface area contributed by atoms with Crippen LogP contribution in [0, 0.1) is 5.92 Å². The highest BCUT2D eigenvalue weighted by Crippen LogP contribution is 2.02. The fourth-order valence-corrected chi connectivity index (χ4v) is 0.916. The number of ether oxygens (including phenoxy) is 1. The summed E-state index contributed by atoms with van der Waals surface area (Å²) in [7, 11) is 1.31. The molecular weight excluding hydrogens is 180 g/mol. The van der Waals surface area contributed by atoms with Crippen LogP contribution in [-0.2, 0) is 9.53 Å². The van der Waals surface area contributed by atoms with Crippen LogP contribution in [0.15, 0.2) is 0 Å². The van der Waals surface area contributed by atoms with Gasteiger partial charge in [0.25, 0.3) is 6.47 Å². The number of rotatable bonds is 2. The lowest BCUT2D eigenvalue weighted by Crippen LogP contribution is -2.16. The maximum atomic E-state index is 8.95. The number of carbonyl (C=O) groups is 1. The van der Waals surface area contributed by atoms with E-state index in [-0.39, 0.29) is 12.4 Å². The Balaban J connectivity index is 0. The second-order valence-electron chi connectivity index (χ2n) is 2.43. The van der Waals surface area contributed by atoms with Crippen molar-refractivity contribution in [1.82, 2.24) is 5.32 Å². The van der Waals surface area contributed by atoms with Gasteiger partial charge in [-0.25, -0.2) is 0 Å². The molecular formula is C7H17ClN2O2. The van der Waals surface area contributed by atoms with E-state index in [2.05, 4.69) is 10.1 Å². The van der Waals surface area contributed by atoms with Crippen LogP contribution in [0.1, 0.15) is 6.42 Å². The van der Waals surface area contributed by atoms with Gasteiger partial charge in [-0.2, -0.15) is 0 Å². The normalized spacial score (nSPS) is 20.0. The summed E-state index contributed by atoms with van der Waals surface area (Å²) in [6.07, 6.45) is 1.27. The van der Waals surface area contributed by atoms with E-state index in [1.54, 1.807) is 0 Å². The molecule has 1 heterocycles. The minimum absolute atomic E-state index is 0. The molecule has 3 N–H and O–H groups in total. The highest BCUT2D eigenvalue weighted by molar-refractivity contribution is 5.85. The van der Waals surface area contributed by atoms with Gasteiger partial charge < -0.3 is 15.8 Å². The summed E-state index contributed by atoms with van der Waals surface area (Å²) >= 11 is 0. The van der Waals surface area contributed by atoms with Gasteiger partial charge in [-0.15, -0.1) is 12.4 Å². The molecule has 0 aromatic heterocycles. The summed E-state index contributed by atoms with van der Waals surface area (Å²) in [6.45, 7) is 3.53. The third-order valence-electron chi connectivity index (χ3n) is 1.59. The van der Waals surface area contributed by atoms with E-state index in [0.717, 1.165) is 19.0 Å².